The lowest BCUT2D eigenvalue weighted by molar-refractivity contribution is 0.00706. The van der Waals surface area contributed by atoms with Crippen LogP contribution in [0.5, 0.6) is 11.5 Å². The van der Waals surface area contributed by atoms with Crippen LogP contribution in [0, 0.1) is 0 Å². The topological polar surface area (TPSA) is 38.7 Å². The summed E-state index contributed by atoms with van der Waals surface area (Å²) in [5.74, 6) is -2.34. The minimum atomic E-state index is -3.06. The van der Waals surface area contributed by atoms with E-state index in [2.05, 4.69) is 0 Å². The first-order chi connectivity index (χ1) is 8.69. The van der Waals surface area contributed by atoms with Gasteiger partial charge in [0.2, 0.25) is 0 Å². The van der Waals surface area contributed by atoms with Crippen LogP contribution in [0.1, 0.15) is 38.3 Å². The second-order valence-electron chi connectivity index (χ2n) is 5.34. The molecule has 0 fully saturated rings. The van der Waals surface area contributed by atoms with Crippen molar-refractivity contribution < 1.29 is 23.4 Å². The van der Waals surface area contributed by atoms with Crippen LogP contribution >= 0.6 is 0 Å². The zero-order valence-electron chi connectivity index (χ0n) is 11.3. The van der Waals surface area contributed by atoms with Crippen molar-refractivity contribution in [2.75, 3.05) is 13.2 Å². The number of aliphatic hydroxyl groups is 1. The van der Waals surface area contributed by atoms with Crippen LogP contribution in [0.2, 0.25) is 0 Å². The number of ether oxygens (including phenoxy) is 2. The molecule has 0 amide bonds. The summed E-state index contributed by atoms with van der Waals surface area (Å²) in [5, 5.41) is 10.1. The molecule has 5 heteroatoms. The van der Waals surface area contributed by atoms with Gasteiger partial charge in [0.15, 0.2) is 11.5 Å². The molecule has 0 aliphatic carbocycles. The molecule has 1 aromatic rings. The lowest BCUT2D eigenvalue weighted by atomic mass is 9.90. The van der Waals surface area contributed by atoms with Gasteiger partial charge in [-0.05, 0) is 31.5 Å². The molecule has 1 aromatic carbocycles. The van der Waals surface area contributed by atoms with Crippen LogP contribution in [0.4, 0.5) is 8.78 Å². The normalized spacial score (nSPS) is 16.1. The second kappa shape index (κ2) is 4.63. The van der Waals surface area contributed by atoms with E-state index in [4.69, 9.17) is 9.47 Å². The Hall–Kier alpha value is -1.36. The van der Waals surface area contributed by atoms with Gasteiger partial charge >= 0.3 is 0 Å². The first kappa shape index (κ1) is 14.1. The average Bonchev–Trinajstić information content (AvgIpc) is 2.49. The molecule has 0 saturated carbocycles. The maximum Gasteiger partial charge on any atom is 0.271 e. The third kappa shape index (κ3) is 2.97. The Kier molecular flexibility index (Phi) is 3.43. The monoisotopic (exact) mass is 272 g/mol. The fourth-order valence-corrected chi connectivity index (χ4v) is 2.08. The molecule has 1 aliphatic heterocycles. The van der Waals surface area contributed by atoms with Gasteiger partial charge in [-0.15, -0.1) is 0 Å². The maximum atomic E-state index is 13.7. The number of alkyl halides is 2. The maximum absolute atomic E-state index is 13.7. The zero-order chi connectivity index (χ0) is 14.3. The highest BCUT2D eigenvalue weighted by molar-refractivity contribution is 5.50. The largest absolute Gasteiger partial charge is 0.490 e. The summed E-state index contributed by atoms with van der Waals surface area (Å²) in [4.78, 5) is 0. The van der Waals surface area contributed by atoms with Crippen molar-refractivity contribution in [3.63, 3.8) is 0 Å². The van der Waals surface area contributed by atoms with Crippen LogP contribution in [0.15, 0.2) is 12.1 Å². The Labute approximate surface area is 111 Å². The highest BCUT2D eigenvalue weighted by Gasteiger charge is 2.34. The Morgan fingerprint density at radius 3 is 1.89 bits per heavy atom. The smallest absolute Gasteiger partial charge is 0.271 e. The number of halogens is 2. The van der Waals surface area contributed by atoms with Gasteiger partial charge in [-0.25, -0.2) is 8.78 Å². The van der Waals surface area contributed by atoms with E-state index in [1.54, 1.807) is 0 Å². The molecule has 0 saturated heterocycles. The van der Waals surface area contributed by atoms with E-state index >= 15 is 0 Å². The number of rotatable bonds is 2. The molecular formula is C14H18F2O3. The van der Waals surface area contributed by atoms with Crippen LogP contribution in [-0.4, -0.2) is 18.3 Å². The van der Waals surface area contributed by atoms with E-state index in [1.807, 2.05) is 0 Å². The third-order valence-electron chi connectivity index (χ3n) is 3.02. The van der Waals surface area contributed by atoms with E-state index in [0.29, 0.717) is 31.1 Å². The summed E-state index contributed by atoms with van der Waals surface area (Å²) in [6.45, 7) is 4.66. The molecule has 1 aliphatic rings. The van der Waals surface area contributed by atoms with E-state index in [-0.39, 0.29) is 11.1 Å². The lowest BCUT2D eigenvalue weighted by Crippen LogP contribution is -2.23. The Balaban J connectivity index is 2.61. The quantitative estimate of drug-likeness (QED) is 0.898. The Morgan fingerprint density at radius 2 is 1.47 bits per heavy atom. The van der Waals surface area contributed by atoms with Crippen molar-refractivity contribution in [3.8, 4) is 11.5 Å². The molecule has 0 atom stereocenters. The van der Waals surface area contributed by atoms with Gasteiger partial charge in [-0.2, -0.15) is 0 Å². The fraction of sp³-hybridized carbons (Fsp3) is 0.571. The van der Waals surface area contributed by atoms with Gasteiger partial charge in [-0.1, -0.05) is 0 Å². The molecule has 3 nitrogen and oxygen atoms in total. The first-order valence-electron chi connectivity index (χ1n) is 6.24. The van der Waals surface area contributed by atoms with Crippen molar-refractivity contribution in [2.24, 2.45) is 0 Å². The van der Waals surface area contributed by atoms with E-state index in [0.717, 1.165) is 6.92 Å². The van der Waals surface area contributed by atoms with Gasteiger partial charge in [0.05, 0.1) is 18.8 Å². The molecule has 0 bridgehead atoms. The minimum absolute atomic E-state index is 0.157. The fourth-order valence-electron chi connectivity index (χ4n) is 2.08. The van der Waals surface area contributed by atoms with Crippen molar-refractivity contribution >= 4 is 0 Å². The minimum Gasteiger partial charge on any atom is -0.490 e. The predicted molar refractivity (Wildman–Crippen MR) is 66.9 cm³/mol. The molecule has 0 unspecified atom stereocenters. The molecule has 0 aromatic heterocycles. The standard InChI is InChI=1S/C14H18F2O3/c1-13(2,17)9-7-11-12(19-6-4-5-18-11)8-10(9)14(3,15)16/h7-8,17H,4-6H2,1-3H3. The summed E-state index contributed by atoms with van der Waals surface area (Å²) >= 11 is 0. The third-order valence-corrected chi connectivity index (χ3v) is 3.02. The van der Waals surface area contributed by atoms with E-state index in [1.165, 1.54) is 26.0 Å². The molecule has 1 N–H and O–H groups in total. The zero-order valence-corrected chi connectivity index (χ0v) is 11.3. The van der Waals surface area contributed by atoms with Crippen molar-refractivity contribution in [1.29, 1.82) is 0 Å². The van der Waals surface area contributed by atoms with Crippen LogP contribution < -0.4 is 9.47 Å². The highest BCUT2D eigenvalue weighted by Crippen LogP contribution is 2.42. The number of hydrogen-bond acceptors (Lipinski definition) is 3. The highest BCUT2D eigenvalue weighted by atomic mass is 19.3. The first-order valence-corrected chi connectivity index (χ1v) is 6.24. The SMILES string of the molecule is CC(C)(O)c1cc2c(cc1C(C)(F)F)OCCCO2. The van der Waals surface area contributed by atoms with Crippen molar-refractivity contribution in [2.45, 2.75) is 38.7 Å². The summed E-state index contributed by atoms with van der Waals surface area (Å²) in [5.41, 5.74) is -1.45. The Bertz CT molecular complexity index is 430. The summed E-state index contributed by atoms with van der Waals surface area (Å²) in [7, 11) is 0. The molecule has 2 rings (SSSR count). The molecule has 19 heavy (non-hydrogen) atoms. The average molecular weight is 272 g/mol. The van der Waals surface area contributed by atoms with Crippen molar-refractivity contribution in [1.82, 2.24) is 0 Å². The number of fused-ring (bicyclic) bond motifs is 1. The van der Waals surface area contributed by atoms with Crippen LogP contribution in [0.25, 0.3) is 0 Å². The van der Waals surface area contributed by atoms with Crippen LogP contribution in [-0.2, 0) is 11.5 Å². The molecule has 0 spiro atoms. The summed E-state index contributed by atoms with van der Waals surface area (Å²) < 4.78 is 38.3. The van der Waals surface area contributed by atoms with Gasteiger partial charge in [0.25, 0.3) is 5.92 Å². The van der Waals surface area contributed by atoms with Crippen LogP contribution in [0.3, 0.4) is 0 Å². The second-order valence-corrected chi connectivity index (χ2v) is 5.34. The number of benzene rings is 1. The molecular weight excluding hydrogens is 254 g/mol. The van der Waals surface area contributed by atoms with Gasteiger partial charge in [0, 0.05) is 18.9 Å². The van der Waals surface area contributed by atoms with Crippen molar-refractivity contribution in [3.05, 3.63) is 23.3 Å². The van der Waals surface area contributed by atoms with E-state index < -0.39 is 11.5 Å². The van der Waals surface area contributed by atoms with Gasteiger partial charge in [0.1, 0.15) is 0 Å². The number of hydrogen-bond donors (Lipinski definition) is 1. The van der Waals surface area contributed by atoms with Gasteiger partial charge < -0.3 is 14.6 Å². The molecule has 1 heterocycles. The Morgan fingerprint density at radius 1 is 1.00 bits per heavy atom. The molecule has 106 valence electrons. The molecule has 0 radical (unpaired) electrons. The lowest BCUT2D eigenvalue weighted by Gasteiger charge is -2.26. The van der Waals surface area contributed by atoms with Gasteiger partial charge in [-0.3, -0.25) is 0 Å². The summed E-state index contributed by atoms with van der Waals surface area (Å²) in [6, 6.07) is 2.72. The van der Waals surface area contributed by atoms with E-state index in [9.17, 15) is 13.9 Å². The predicted octanol–water partition coefficient (Wildman–Crippen LogP) is 3.19. The summed E-state index contributed by atoms with van der Waals surface area (Å²) in [6.07, 6.45) is 0.699.